The van der Waals surface area contributed by atoms with Crippen molar-refractivity contribution in [3.63, 3.8) is 0 Å². The molecule has 3 aromatic rings. The van der Waals surface area contributed by atoms with E-state index in [1.54, 1.807) is 7.11 Å². The molecule has 3 heterocycles. The molecule has 7 heteroatoms. The average Bonchev–Trinajstić information content (AvgIpc) is 3.31. The molecule has 0 saturated carbocycles. The van der Waals surface area contributed by atoms with Gasteiger partial charge in [-0.15, -0.1) is 0 Å². The van der Waals surface area contributed by atoms with Gasteiger partial charge in [0.1, 0.15) is 11.6 Å². The minimum atomic E-state index is -0.439. The number of piperidine rings is 1. The second-order valence-corrected chi connectivity index (χ2v) is 8.90. The molecule has 2 fully saturated rings. The fourth-order valence-electron chi connectivity index (χ4n) is 5.38. The number of carbonyl (C=O) groups excluding carboxylic acids is 2. The molecule has 1 N–H and O–H groups in total. The maximum absolute atomic E-state index is 13.8. The van der Waals surface area contributed by atoms with E-state index in [-0.39, 0.29) is 17.9 Å². The van der Waals surface area contributed by atoms with Crippen LogP contribution in [-0.4, -0.2) is 45.5 Å². The standard InChI is InChI=1S/C25H28N4O3/c1-16-26-20-15-18(7-10-21(20)28(16)2)24(31)29-14-4-12-25(13-11-22(30)27-25)23(29)17-5-8-19(32-3)9-6-17/h5-10,15,23H,4,11-14H2,1-3H3,(H,27,30)/t23-,25+/m1/s1. The van der Waals surface area contributed by atoms with Gasteiger partial charge in [0, 0.05) is 25.6 Å². The van der Waals surface area contributed by atoms with E-state index in [9.17, 15) is 9.59 Å². The molecule has 0 aliphatic carbocycles. The highest BCUT2D eigenvalue weighted by molar-refractivity contribution is 5.98. The first-order valence-corrected chi connectivity index (χ1v) is 11.1. The third kappa shape index (κ3) is 3.23. The molecule has 0 radical (unpaired) electrons. The summed E-state index contributed by atoms with van der Waals surface area (Å²) >= 11 is 0. The molecule has 0 unspecified atom stereocenters. The Balaban J connectivity index is 1.56. The molecule has 2 aromatic carbocycles. The van der Waals surface area contributed by atoms with Gasteiger partial charge in [0.25, 0.3) is 5.91 Å². The van der Waals surface area contributed by atoms with Crippen LogP contribution in [0.25, 0.3) is 11.0 Å². The first kappa shape index (κ1) is 20.5. The summed E-state index contributed by atoms with van der Waals surface area (Å²) in [6.07, 6.45) is 2.93. The van der Waals surface area contributed by atoms with Gasteiger partial charge in [-0.1, -0.05) is 12.1 Å². The van der Waals surface area contributed by atoms with Gasteiger partial charge >= 0.3 is 0 Å². The summed E-state index contributed by atoms with van der Waals surface area (Å²) in [7, 11) is 3.61. The molecule has 0 bridgehead atoms. The Hall–Kier alpha value is -3.35. The molecule has 1 spiro atoms. The number of amides is 2. The first-order chi connectivity index (χ1) is 15.4. The van der Waals surface area contributed by atoms with Crippen molar-refractivity contribution in [1.82, 2.24) is 19.8 Å². The first-order valence-electron chi connectivity index (χ1n) is 11.1. The molecule has 2 saturated heterocycles. The molecular formula is C25H28N4O3. The number of hydrogen-bond donors (Lipinski definition) is 1. The van der Waals surface area contributed by atoms with E-state index in [2.05, 4.69) is 10.3 Å². The van der Waals surface area contributed by atoms with Crippen LogP contribution in [0.1, 0.15) is 53.5 Å². The van der Waals surface area contributed by atoms with E-state index in [1.807, 2.05) is 65.9 Å². The van der Waals surface area contributed by atoms with Gasteiger partial charge in [-0.25, -0.2) is 4.98 Å². The van der Waals surface area contributed by atoms with Crippen molar-refractivity contribution in [2.45, 2.75) is 44.2 Å². The second kappa shape index (κ2) is 7.65. The minimum Gasteiger partial charge on any atom is -0.497 e. The van der Waals surface area contributed by atoms with Gasteiger partial charge in [-0.3, -0.25) is 9.59 Å². The van der Waals surface area contributed by atoms with Crippen LogP contribution in [0.2, 0.25) is 0 Å². The van der Waals surface area contributed by atoms with E-state index < -0.39 is 5.54 Å². The van der Waals surface area contributed by atoms with Crippen molar-refractivity contribution in [3.8, 4) is 5.75 Å². The normalized spacial score (nSPS) is 23.0. The van der Waals surface area contributed by atoms with Crippen LogP contribution in [0.15, 0.2) is 42.5 Å². The zero-order valence-electron chi connectivity index (χ0n) is 18.7. The fraction of sp³-hybridized carbons (Fsp3) is 0.400. The summed E-state index contributed by atoms with van der Waals surface area (Å²) in [5.74, 6) is 1.70. The molecule has 7 nitrogen and oxygen atoms in total. The van der Waals surface area contributed by atoms with Gasteiger partial charge in [0.15, 0.2) is 0 Å². The highest BCUT2D eigenvalue weighted by Crippen LogP contribution is 2.45. The van der Waals surface area contributed by atoms with Crippen molar-refractivity contribution in [3.05, 3.63) is 59.4 Å². The Labute approximate surface area is 187 Å². The lowest BCUT2D eigenvalue weighted by molar-refractivity contribution is -0.120. The lowest BCUT2D eigenvalue weighted by Crippen LogP contribution is -2.58. The maximum Gasteiger partial charge on any atom is 0.254 e. The Morgan fingerprint density at radius 2 is 1.97 bits per heavy atom. The molecule has 2 amide bonds. The van der Waals surface area contributed by atoms with Crippen molar-refractivity contribution in [2.75, 3.05) is 13.7 Å². The van der Waals surface area contributed by atoms with Crippen LogP contribution >= 0.6 is 0 Å². The maximum atomic E-state index is 13.8. The monoisotopic (exact) mass is 432 g/mol. The van der Waals surface area contributed by atoms with Crippen LogP contribution in [0, 0.1) is 6.92 Å². The van der Waals surface area contributed by atoms with E-state index in [1.165, 1.54) is 0 Å². The number of ether oxygens (including phenoxy) is 1. The Bertz CT molecular complexity index is 1200. The van der Waals surface area contributed by atoms with Gasteiger partial charge in [0.05, 0.1) is 29.7 Å². The summed E-state index contributed by atoms with van der Waals surface area (Å²) in [5.41, 5.74) is 3.01. The van der Waals surface area contributed by atoms with Crippen molar-refractivity contribution in [2.24, 2.45) is 7.05 Å². The average molecular weight is 433 g/mol. The molecular weight excluding hydrogens is 404 g/mol. The number of aryl methyl sites for hydroxylation is 2. The third-order valence-electron chi connectivity index (χ3n) is 7.09. The molecule has 1 aromatic heterocycles. The predicted octanol–water partition coefficient (Wildman–Crippen LogP) is 3.52. The summed E-state index contributed by atoms with van der Waals surface area (Å²) in [4.78, 5) is 32.6. The Morgan fingerprint density at radius 1 is 1.19 bits per heavy atom. The zero-order valence-corrected chi connectivity index (χ0v) is 18.7. The number of nitrogens with one attached hydrogen (secondary N) is 1. The Morgan fingerprint density at radius 3 is 2.66 bits per heavy atom. The van der Waals surface area contributed by atoms with Crippen molar-refractivity contribution >= 4 is 22.8 Å². The van der Waals surface area contributed by atoms with E-state index in [0.29, 0.717) is 18.5 Å². The molecule has 2 atom stereocenters. The number of nitrogens with zero attached hydrogens (tertiary/aromatic N) is 3. The van der Waals surface area contributed by atoms with E-state index in [0.717, 1.165) is 47.4 Å². The lowest BCUT2D eigenvalue weighted by Gasteiger charge is -2.48. The topological polar surface area (TPSA) is 76.5 Å². The van der Waals surface area contributed by atoms with Crippen molar-refractivity contribution in [1.29, 1.82) is 0 Å². The number of benzene rings is 2. The highest BCUT2D eigenvalue weighted by Gasteiger charge is 2.50. The number of rotatable bonds is 3. The van der Waals surface area contributed by atoms with Crippen LogP contribution < -0.4 is 10.1 Å². The van der Waals surface area contributed by atoms with Gasteiger partial charge < -0.3 is 19.5 Å². The fourth-order valence-corrected chi connectivity index (χ4v) is 5.38. The van der Waals surface area contributed by atoms with Crippen LogP contribution in [0.5, 0.6) is 5.75 Å². The summed E-state index contributed by atoms with van der Waals surface area (Å²) in [6.45, 7) is 2.60. The van der Waals surface area contributed by atoms with Gasteiger partial charge in [-0.2, -0.15) is 0 Å². The number of hydrogen-bond acceptors (Lipinski definition) is 4. The third-order valence-corrected chi connectivity index (χ3v) is 7.09. The number of likely N-dealkylation sites (tertiary alicyclic amines) is 1. The summed E-state index contributed by atoms with van der Waals surface area (Å²) in [5, 5.41) is 3.24. The second-order valence-electron chi connectivity index (χ2n) is 8.90. The van der Waals surface area contributed by atoms with E-state index >= 15 is 0 Å². The van der Waals surface area contributed by atoms with Crippen LogP contribution in [0.4, 0.5) is 0 Å². The highest BCUT2D eigenvalue weighted by atomic mass is 16.5. The lowest BCUT2D eigenvalue weighted by atomic mass is 9.76. The molecule has 5 rings (SSSR count). The summed E-state index contributed by atoms with van der Waals surface area (Å²) < 4.78 is 7.35. The van der Waals surface area contributed by atoms with Crippen LogP contribution in [-0.2, 0) is 11.8 Å². The van der Waals surface area contributed by atoms with E-state index in [4.69, 9.17) is 4.74 Å². The van der Waals surface area contributed by atoms with Crippen LogP contribution in [0.3, 0.4) is 0 Å². The molecule has 2 aliphatic rings. The number of methoxy groups -OCH3 is 1. The number of carbonyl (C=O) groups is 2. The SMILES string of the molecule is COc1ccc([C@H]2N(C(=O)c3ccc4c(c3)nc(C)n4C)CCC[C@]23CCC(=O)N3)cc1. The molecule has 32 heavy (non-hydrogen) atoms. The smallest absolute Gasteiger partial charge is 0.254 e. The number of imidazole rings is 1. The minimum absolute atomic E-state index is 0.0313. The number of aromatic nitrogens is 2. The quantitative estimate of drug-likeness (QED) is 0.687. The summed E-state index contributed by atoms with van der Waals surface area (Å²) in [6, 6.07) is 13.3. The van der Waals surface area contributed by atoms with Crippen molar-refractivity contribution < 1.29 is 14.3 Å². The molecule has 2 aliphatic heterocycles. The predicted molar refractivity (Wildman–Crippen MR) is 122 cm³/mol. The van der Waals surface area contributed by atoms with Gasteiger partial charge in [0.2, 0.25) is 5.91 Å². The largest absolute Gasteiger partial charge is 0.497 e. The zero-order chi connectivity index (χ0) is 22.5. The van der Waals surface area contributed by atoms with Gasteiger partial charge in [-0.05, 0) is 62.1 Å². The Kier molecular flexibility index (Phi) is 4.92. The number of fused-ring (bicyclic) bond motifs is 1. The molecule has 166 valence electrons.